The van der Waals surface area contributed by atoms with Gasteiger partial charge in [0.25, 0.3) is 5.91 Å². The summed E-state index contributed by atoms with van der Waals surface area (Å²) in [7, 11) is 0. The first-order chi connectivity index (χ1) is 11.0. The monoisotopic (exact) mass is 310 g/mol. The second-order valence-electron chi connectivity index (χ2n) is 5.98. The number of halogens is 1. The lowest BCUT2D eigenvalue weighted by Crippen LogP contribution is -2.53. The molecule has 2 aliphatic rings. The molecule has 2 aromatic rings. The van der Waals surface area contributed by atoms with E-state index in [4.69, 9.17) is 0 Å². The molecule has 5 heteroatoms. The summed E-state index contributed by atoms with van der Waals surface area (Å²) in [5.41, 5.74) is -0.118. The van der Waals surface area contributed by atoms with Gasteiger partial charge in [-0.2, -0.15) is 0 Å². The molecule has 0 saturated carbocycles. The Hall–Kier alpha value is -2.53. The Morgan fingerprint density at radius 3 is 2.65 bits per heavy atom. The fraction of sp³-hybridized carbons (Fsp3) is 0.222. The summed E-state index contributed by atoms with van der Waals surface area (Å²) in [4.78, 5) is 18.7. The minimum absolute atomic E-state index is 0.0877. The Kier molecular flexibility index (Phi) is 2.90. The van der Waals surface area contributed by atoms with Crippen molar-refractivity contribution in [1.29, 1.82) is 0 Å². The van der Waals surface area contributed by atoms with Crippen LogP contribution in [-0.4, -0.2) is 34.3 Å². The highest BCUT2D eigenvalue weighted by atomic mass is 19.1. The van der Waals surface area contributed by atoms with Gasteiger partial charge in [0.1, 0.15) is 11.7 Å². The van der Waals surface area contributed by atoms with Crippen LogP contribution in [0, 0.1) is 5.82 Å². The molecule has 1 unspecified atom stereocenters. The van der Waals surface area contributed by atoms with Gasteiger partial charge < -0.3 is 5.11 Å². The van der Waals surface area contributed by atoms with E-state index in [-0.39, 0.29) is 17.8 Å². The van der Waals surface area contributed by atoms with Crippen molar-refractivity contribution in [3.63, 3.8) is 0 Å². The van der Waals surface area contributed by atoms with E-state index in [2.05, 4.69) is 4.99 Å². The number of carbonyl (C=O) groups excluding carboxylic acids is 1. The van der Waals surface area contributed by atoms with Gasteiger partial charge in [-0.05, 0) is 30.7 Å². The lowest BCUT2D eigenvalue weighted by atomic mass is 9.79. The summed E-state index contributed by atoms with van der Waals surface area (Å²) >= 11 is 0. The normalized spacial score (nSPS) is 25.9. The fourth-order valence-corrected chi connectivity index (χ4v) is 3.36. The third kappa shape index (κ3) is 1.86. The fourth-order valence-electron chi connectivity index (χ4n) is 3.36. The minimum Gasteiger partial charge on any atom is -0.373 e. The lowest BCUT2D eigenvalue weighted by Gasteiger charge is -2.39. The Morgan fingerprint density at radius 2 is 1.91 bits per heavy atom. The zero-order valence-electron chi connectivity index (χ0n) is 12.5. The lowest BCUT2D eigenvalue weighted by molar-refractivity contribution is 0.0754. The molecule has 0 fully saturated rings. The van der Waals surface area contributed by atoms with Crippen molar-refractivity contribution in [3.8, 4) is 0 Å². The second kappa shape index (κ2) is 4.73. The molecular weight excluding hydrogens is 295 g/mol. The maximum atomic E-state index is 13.3. The maximum Gasteiger partial charge on any atom is 0.259 e. The van der Waals surface area contributed by atoms with E-state index in [9.17, 15) is 14.3 Å². The Morgan fingerprint density at radius 1 is 1.22 bits per heavy atom. The molecule has 2 aromatic carbocycles. The number of fused-ring (bicyclic) bond motifs is 2. The van der Waals surface area contributed by atoms with Crippen molar-refractivity contribution in [2.24, 2.45) is 4.99 Å². The number of aliphatic imine (C=N–C) groups is 1. The molecule has 1 amide bonds. The van der Waals surface area contributed by atoms with E-state index in [0.29, 0.717) is 29.1 Å². The van der Waals surface area contributed by atoms with Crippen LogP contribution < -0.4 is 0 Å². The molecular formula is C18H15FN2O2. The molecule has 2 heterocycles. The van der Waals surface area contributed by atoms with Gasteiger partial charge in [0.15, 0.2) is 5.60 Å². The molecule has 0 radical (unpaired) electrons. The van der Waals surface area contributed by atoms with Gasteiger partial charge in [-0.1, -0.05) is 30.3 Å². The molecule has 1 N–H and O–H groups in total. The SMILES string of the molecule is CC1CN2C(=O)c3ccccc3[C@@](O)(c3ccc(F)cc3)C2=N1. The minimum atomic E-state index is -1.55. The van der Waals surface area contributed by atoms with Gasteiger partial charge in [-0.15, -0.1) is 0 Å². The Bertz CT molecular complexity index is 831. The van der Waals surface area contributed by atoms with Crippen molar-refractivity contribution in [3.05, 3.63) is 71.0 Å². The van der Waals surface area contributed by atoms with Crippen LogP contribution in [0.5, 0.6) is 0 Å². The smallest absolute Gasteiger partial charge is 0.259 e. The summed E-state index contributed by atoms with van der Waals surface area (Å²) in [6, 6.07) is 12.5. The first kappa shape index (κ1) is 14.1. The van der Waals surface area contributed by atoms with Gasteiger partial charge in [-0.25, -0.2) is 4.39 Å². The largest absolute Gasteiger partial charge is 0.373 e. The first-order valence-corrected chi connectivity index (χ1v) is 7.50. The van der Waals surface area contributed by atoms with Crippen LogP contribution in [0.15, 0.2) is 53.5 Å². The molecule has 4 nitrogen and oxygen atoms in total. The summed E-state index contributed by atoms with van der Waals surface area (Å²) < 4.78 is 13.3. The zero-order chi connectivity index (χ0) is 16.2. The predicted octanol–water partition coefficient (Wildman–Crippen LogP) is 2.32. The van der Waals surface area contributed by atoms with Crippen LogP contribution >= 0.6 is 0 Å². The number of aliphatic hydroxyl groups is 1. The number of rotatable bonds is 1. The molecule has 0 spiro atoms. The van der Waals surface area contributed by atoms with E-state index < -0.39 is 5.60 Å². The summed E-state index contributed by atoms with van der Waals surface area (Å²) in [6.07, 6.45) is 0. The van der Waals surface area contributed by atoms with E-state index in [1.807, 2.05) is 6.92 Å². The number of amides is 1. The van der Waals surface area contributed by atoms with E-state index in [1.165, 1.54) is 29.2 Å². The molecule has 23 heavy (non-hydrogen) atoms. The molecule has 2 atom stereocenters. The molecule has 0 saturated heterocycles. The van der Waals surface area contributed by atoms with Gasteiger partial charge >= 0.3 is 0 Å². The predicted molar refractivity (Wildman–Crippen MR) is 83.8 cm³/mol. The summed E-state index contributed by atoms with van der Waals surface area (Å²) in [6.45, 7) is 2.33. The average molecular weight is 310 g/mol. The molecule has 0 bridgehead atoms. The van der Waals surface area contributed by atoms with Crippen molar-refractivity contribution in [2.45, 2.75) is 18.6 Å². The number of carbonyl (C=O) groups is 1. The van der Waals surface area contributed by atoms with Crippen LogP contribution in [0.25, 0.3) is 0 Å². The van der Waals surface area contributed by atoms with Crippen LogP contribution in [0.2, 0.25) is 0 Å². The third-order valence-electron chi connectivity index (χ3n) is 4.42. The van der Waals surface area contributed by atoms with Gasteiger partial charge in [0.05, 0.1) is 6.04 Å². The van der Waals surface area contributed by atoms with Crippen molar-refractivity contribution >= 4 is 11.7 Å². The van der Waals surface area contributed by atoms with Crippen LogP contribution in [0.3, 0.4) is 0 Å². The molecule has 116 valence electrons. The number of benzene rings is 2. The topological polar surface area (TPSA) is 52.9 Å². The molecule has 2 aliphatic heterocycles. The van der Waals surface area contributed by atoms with Crippen molar-refractivity contribution in [1.82, 2.24) is 4.90 Å². The zero-order valence-corrected chi connectivity index (χ0v) is 12.5. The Balaban J connectivity index is 2.02. The molecule has 4 rings (SSSR count). The van der Waals surface area contributed by atoms with Gasteiger partial charge in [0.2, 0.25) is 0 Å². The highest BCUT2D eigenvalue weighted by Crippen LogP contribution is 2.41. The highest BCUT2D eigenvalue weighted by Gasteiger charge is 2.51. The van der Waals surface area contributed by atoms with Crippen molar-refractivity contribution < 1.29 is 14.3 Å². The summed E-state index contributed by atoms with van der Waals surface area (Å²) in [5.74, 6) is -0.216. The first-order valence-electron chi connectivity index (χ1n) is 7.50. The van der Waals surface area contributed by atoms with Gasteiger partial charge in [-0.3, -0.25) is 14.7 Å². The second-order valence-corrected chi connectivity index (χ2v) is 5.98. The van der Waals surface area contributed by atoms with E-state index in [1.54, 1.807) is 24.3 Å². The highest BCUT2D eigenvalue weighted by molar-refractivity contribution is 6.16. The number of hydrogen-bond donors (Lipinski definition) is 1. The van der Waals surface area contributed by atoms with Gasteiger partial charge in [0, 0.05) is 17.7 Å². The number of hydrogen-bond acceptors (Lipinski definition) is 3. The van der Waals surface area contributed by atoms with Crippen LogP contribution in [0.1, 0.15) is 28.4 Å². The van der Waals surface area contributed by atoms with Crippen LogP contribution in [0.4, 0.5) is 4.39 Å². The molecule has 0 aliphatic carbocycles. The van der Waals surface area contributed by atoms with Crippen LogP contribution in [-0.2, 0) is 5.60 Å². The van der Waals surface area contributed by atoms with Crippen molar-refractivity contribution in [2.75, 3.05) is 6.54 Å². The maximum absolute atomic E-state index is 13.3. The quantitative estimate of drug-likeness (QED) is 0.879. The summed E-state index contributed by atoms with van der Waals surface area (Å²) in [5, 5.41) is 11.5. The number of amidine groups is 1. The third-order valence-corrected chi connectivity index (χ3v) is 4.42. The molecule has 0 aromatic heterocycles. The van der Waals surface area contributed by atoms with E-state index in [0.717, 1.165) is 0 Å². The number of nitrogens with zero attached hydrogens (tertiary/aromatic N) is 2. The Labute approximate surface area is 132 Å². The average Bonchev–Trinajstić information content (AvgIpc) is 2.96. The van der Waals surface area contributed by atoms with E-state index >= 15 is 0 Å². The standard InChI is InChI=1S/C18H15FN2O2/c1-11-10-21-16(22)14-4-2-3-5-15(14)18(23,17(21)20-11)12-6-8-13(19)9-7-12/h2-9,11,23H,10H2,1H3/t11?,18-/m0/s1.